The highest BCUT2D eigenvalue weighted by Crippen LogP contribution is 2.11. The second kappa shape index (κ2) is 11.3. The number of ether oxygens (including phenoxy) is 1. The number of methoxy groups -OCH3 is 1. The van der Waals surface area contributed by atoms with E-state index >= 15 is 0 Å². The van der Waals surface area contributed by atoms with E-state index in [-0.39, 0.29) is 5.97 Å². The van der Waals surface area contributed by atoms with E-state index in [1.54, 1.807) is 6.26 Å². The number of furan rings is 1. The number of hydrogen-bond acceptors (Lipinski definition) is 3. The van der Waals surface area contributed by atoms with Crippen LogP contribution in [0, 0.1) is 0 Å². The SMILES string of the molecule is COC(=O)CCCCCCCCCC=Cc1ccco1. The molecular formula is C17H26O3. The van der Waals surface area contributed by atoms with Gasteiger partial charge >= 0.3 is 5.97 Å². The maximum atomic E-state index is 10.9. The largest absolute Gasteiger partial charge is 0.469 e. The highest BCUT2D eigenvalue weighted by Gasteiger charge is 1.98. The van der Waals surface area contributed by atoms with Crippen LogP contribution >= 0.6 is 0 Å². The van der Waals surface area contributed by atoms with Crippen LogP contribution in [0.15, 0.2) is 28.9 Å². The number of rotatable bonds is 11. The molecule has 1 aromatic rings. The number of carbonyl (C=O) groups is 1. The third-order valence-electron chi connectivity index (χ3n) is 3.30. The monoisotopic (exact) mass is 278 g/mol. The first kappa shape index (κ1) is 16.5. The molecule has 0 fully saturated rings. The molecule has 0 atom stereocenters. The van der Waals surface area contributed by atoms with Crippen molar-refractivity contribution in [1.82, 2.24) is 0 Å². The maximum absolute atomic E-state index is 10.9. The zero-order chi connectivity index (χ0) is 14.5. The number of unbranched alkanes of at least 4 members (excludes halogenated alkanes) is 7. The molecule has 0 aromatic carbocycles. The lowest BCUT2D eigenvalue weighted by atomic mass is 10.1. The van der Waals surface area contributed by atoms with Gasteiger partial charge in [-0.05, 0) is 37.5 Å². The van der Waals surface area contributed by atoms with Crippen LogP contribution in [0.4, 0.5) is 0 Å². The van der Waals surface area contributed by atoms with Crippen molar-refractivity contribution in [2.45, 2.75) is 57.8 Å². The fourth-order valence-electron chi connectivity index (χ4n) is 2.10. The Morgan fingerprint density at radius 1 is 1.15 bits per heavy atom. The molecule has 3 nitrogen and oxygen atoms in total. The molecule has 0 aliphatic heterocycles. The van der Waals surface area contributed by atoms with Crippen molar-refractivity contribution in [1.29, 1.82) is 0 Å². The number of hydrogen-bond donors (Lipinski definition) is 0. The number of allylic oxidation sites excluding steroid dienone is 1. The zero-order valence-corrected chi connectivity index (χ0v) is 12.5. The molecule has 0 radical (unpaired) electrons. The Morgan fingerprint density at radius 2 is 1.85 bits per heavy atom. The minimum absolute atomic E-state index is 0.0895. The average Bonchev–Trinajstić information content (AvgIpc) is 2.97. The van der Waals surface area contributed by atoms with E-state index in [0.29, 0.717) is 6.42 Å². The molecule has 0 amide bonds. The van der Waals surface area contributed by atoms with Gasteiger partial charge in [0.05, 0.1) is 13.4 Å². The molecule has 0 unspecified atom stereocenters. The lowest BCUT2D eigenvalue weighted by molar-refractivity contribution is -0.140. The van der Waals surface area contributed by atoms with Gasteiger partial charge in [0.25, 0.3) is 0 Å². The van der Waals surface area contributed by atoms with Gasteiger partial charge in [-0.2, -0.15) is 0 Å². The molecule has 1 heterocycles. The molecular weight excluding hydrogens is 252 g/mol. The van der Waals surface area contributed by atoms with Crippen LogP contribution < -0.4 is 0 Å². The Kier molecular flexibility index (Phi) is 9.37. The molecule has 0 bridgehead atoms. The second-order valence-corrected chi connectivity index (χ2v) is 5.01. The smallest absolute Gasteiger partial charge is 0.305 e. The summed E-state index contributed by atoms with van der Waals surface area (Å²) in [5.41, 5.74) is 0. The topological polar surface area (TPSA) is 39.4 Å². The highest BCUT2D eigenvalue weighted by molar-refractivity contribution is 5.68. The normalized spacial score (nSPS) is 11.1. The summed E-state index contributed by atoms with van der Waals surface area (Å²) in [7, 11) is 1.45. The van der Waals surface area contributed by atoms with E-state index in [2.05, 4.69) is 10.8 Å². The summed E-state index contributed by atoms with van der Waals surface area (Å²) in [4.78, 5) is 10.9. The molecule has 0 saturated heterocycles. The standard InChI is InChI=1S/C17H26O3/c1-19-17(18)14-10-8-6-4-2-3-5-7-9-12-16-13-11-15-20-16/h9,11-13,15H,2-8,10,14H2,1H3. The summed E-state index contributed by atoms with van der Waals surface area (Å²) in [5, 5.41) is 0. The first-order valence-electron chi connectivity index (χ1n) is 7.60. The Balaban J connectivity index is 1.82. The van der Waals surface area contributed by atoms with Crippen LogP contribution in [0.2, 0.25) is 0 Å². The van der Waals surface area contributed by atoms with Crippen molar-refractivity contribution in [3.05, 3.63) is 30.2 Å². The van der Waals surface area contributed by atoms with Crippen molar-refractivity contribution in [3.8, 4) is 0 Å². The van der Waals surface area contributed by atoms with Crippen LogP contribution in [-0.4, -0.2) is 13.1 Å². The number of esters is 1. The van der Waals surface area contributed by atoms with E-state index < -0.39 is 0 Å². The minimum atomic E-state index is -0.0895. The first-order chi connectivity index (χ1) is 9.83. The minimum Gasteiger partial charge on any atom is -0.469 e. The quantitative estimate of drug-likeness (QED) is 0.423. The fourth-order valence-corrected chi connectivity index (χ4v) is 2.10. The molecule has 0 N–H and O–H groups in total. The lowest BCUT2D eigenvalue weighted by Gasteiger charge is -2.01. The van der Waals surface area contributed by atoms with Crippen molar-refractivity contribution in [3.63, 3.8) is 0 Å². The van der Waals surface area contributed by atoms with Gasteiger partial charge in [-0.25, -0.2) is 0 Å². The summed E-state index contributed by atoms with van der Waals surface area (Å²) in [6.07, 6.45) is 16.0. The summed E-state index contributed by atoms with van der Waals surface area (Å²) in [6.45, 7) is 0. The predicted molar refractivity (Wildman–Crippen MR) is 81.3 cm³/mol. The summed E-state index contributed by atoms with van der Waals surface area (Å²) >= 11 is 0. The fraction of sp³-hybridized carbons (Fsp3) is 0.588. The van der Waals surface area contributed by atoms with Gasteiger partial charge < -0.3 is 9.15 Å². The Hall–Kier alpha value is -1.51. The molecule has 20 heavy (non-hydrogen) atoms. The van der Waals surface area contributed by atoms with E-state index in [0.717, 1.165) is 25.0 Å². The molecule has 1 rings (SSSR count). The van der Waals surface area contributed by atoms with Gasteiger partial charge in [0, 0.05) is 6.42 Å². The van der Waals surface area contributed by atoms with E-state index in [9.17, 15) is 4.79 Å². The van der Waals surface area contributed by atoms with Gasteiger partial charge in [-0.15, -0.1) is 0 Å². The maximum Gasteiger partial charge on any atom is 0.305 e. The van der Waals surface area contributed by atoms with Crippen molar-refractivity contribution < 1.29 is 13.9 Å². The van der Waals surface area contributed by atoms with Gasteiger partial charge in [0.15, 0.2) is 0 Å². The summed E-state index contributed by atoms with van der Waals surface area (Å²) in [5.74, 6) is 0.837. The third kappa shape index (κ3) is 8.57. The van der Waals surface area contributed by atoms with E-state index in [1.807, 2.05) is 18.2 Å². The summed E-state index contributed by atoms with van der Waals surface area (Å²) in [6, 6.07) is 3.87. The third-order valence-corrected chi connectivity index (χ3v) is 3.30. The molecule has 0 saturated carbocycles. The number of carbonyl (C=O) groups excluding carboxylic acids is 1. The Morgan fingerprint density at radius 3 is 2.50 bits per heavy atom. The first-order valence-corrected chi connectivity index (χ1v) is 7.60. The lowest BCUT2D eigenvalue weighted by Crippen LogP contribution is -1.99. The Bertz CT molecular complexity index is 366. The van der Waals surface area contributed by atoms with Gasteiger partial charge in [-0.1, -0.05) is 38.2 Å². The Labute approximate surface area is 122 Å². The zero-order valence-electron chi connectivity index (χ0n) is 12.5. The molecule has 1 aromatic heterocycles. The molecule has 0 spiro atoms. The van der Waals surface area contributed by atoms with Crippen LogP contribution in [0.5, 0.6) is 0 Å². The van der Waals surface area contributed by atoms with E-state index in [4.69, 9.17) is 4.42 Å². The molecule has 0 aliphatic carbocycles. The van der Waals surface area contributed by atoms with Crippen LogP contribution in [0.1, 0.15) is 63.5 Å². The van der Waals surface area contributed by atoms with Crippen molar-refractivity contribution >= 4 is 12.0 Å². The molecule has 0 aliphatic rings. The van der Waals surface area contributed by atoms with Gasteiger partial charge in [-0.3, -0.25) is 4.79 Å². The summed E-state index contributed by atoms with van der Waals surface area (Å²) < 4.78 is 9.83. The molecule has 3 heteroatoms. The average molecular weight is 278 g/mol. The van der Waals surface area contributed by atoms with Crippen LogP contribution in [0.25, 0.3) is 6.08 Å². The predicted octanol–water partition coefficient (Wildman–Crippen LogP) is 4.98. The molecule has 112 valence electrons. The van der Waals surface area contributed by atoms with Gasteiger partial charge in [0.1, 0.15) is 5.76 Å². The van der Waals surface area contributed by atoms with E-state index in [1.165, 1.54) is 39.2 Å². The van der Waals surface area contributed by atoms with Crippen LogP contribution in [-0.2, 0) is 9.53 Å². The highest BCUT2D eigenvalue weighted by atomic mass is 16.5. The van der Waals surface area contributed by atoms with Gasteiger partial charge in [0.2, 0.25) is 0 Å². The van der Waals surface area contributed by atoms with Crippen molar-refractivity contribution in [2.75, 3.05) is 7.11 Å². The van der Waals surface area contributed by atoms with Crippen LogP contribution in [0.3, 0.4) is 0 Å². The van der Waals surface area contributed by atoms with Crippen molar-refractivity contribution in [2.24, 2.45) is 0 Å². The second-order valence-electron chi connectivity index (χ2n) is 5.01.